The molecule has 0 aliphatic carbocycles. The Morgan fingerprint density at radius 3 is 2.67 bits per heavy atom. The molecule has 94 valence electrons. The highest BCUT2D eigenvalue weighted by molar-refractivity contribution is 6.35. The van der Waals surface area contributed by atoms with Crippen LogP contribution in [-0.4, -0.2) is 25.2 Å². The molecule has 0 fully saturated rings. The van der Waals surface area contributed by atoms with E-state index < -0.39 is 5.97 Å². The number of benzene rings is 1. The van der Waals surface area contributed by atoms with Crippen molar-refractivity contribution < 1.29 is 14.3 Å². The largest absolute Gasteiger partial charge is 0.496 e. The average molecular weight is 268 g/mol. The number of aromatic amines is 1. The van der Waals surface area contributed by atoms with Crippen molar-refractivity contribution in [1.82, 2.24) is 4.98 Å². The van der Waals surface area contributed by atoms with Crippen LogP contribution in [0.25, 0.3) is 10.9 Å². The molecule has 0 aliphatic heterocycles. The van der Waals surface area contributed by atoms with Gasteiger partial charge in [0.2, 0.25) is 0 Å². The van der Waals surface area contributed by atoms with Crippen LogP contribution in [0.3, 0.4) is 0 Å². The quantitative estimate of drug-likeness (QED) is 0.845. The van der Waals surface area contributed by atoms with Gasteiger partial charge in [0.05, 0.1) is 30.1 Å². The van der Waals surface area contributed by atoms with E-state index in [-0.39, 0.29) is 11.1 Å². The van der Waals surface area contributed by atoms with E-state index in [1.54, 1.807) is 12.1 Å². The lowest BCUT2D eigenvalue weighted by Gasteiger charge is -2.08. The summed E-state index contributed by atoms with van der Waals surface area (Å²) in [4.78, 5) is 26.2. The van der Waals surface area contributed by atoms with E-state index in [1.165, 1.54) is 14.2 Å². The average Bonchev–Trinajstić information content (AvgIpc) is 2.38. The third kappa shape index (κ3) is 1.93. The predicted molar refractivity (Wildman–Crippen MR) is 67.5 cm³/mol. The number of nitrogens with one attached hydrogen (secondary N) is 1. The van der Waals surface area contributed by atoms with E-state index in [0.717, 1.165) is 6.07 Å². The van der Waals surface area contributed by atoms with Gasteiger partial charge in [-0.1, -0.05) is 11.6 Å². The first-order valence-corrected chi connectivity index (χ1v) is 5.44. The Morgan fingerprint density at radius 1 is 1.33 bits per heavy atom. The smallest absolute Gasteiger partial charge is 0.354 e. The second kappa shape index (κ2) is 4.70. The number of ether oxygens (including phenoxy) is 2. The Hall–Kier alpha value is -2.01. The molecule has 5 nitrogen and oxygen atoms in total. The molecular formula is C12H10ClNO4. The summed E-state index contributed by atoms with van der Waals surface area (Å²) in [6.45, 7) is 0. The second-order valence-electron chi connectivity index (χ2n) is 3.54. The van der Waals surface area contributed by atoms with Crippen molar-refractivity contribution in [3.63, 3.8) is 0 Å². The van der Waals surface area contributed by atoms with Gasteiger partial charge in [0.1, 0.15) is 11.4 Å². The Kier molecular flexibility index (Phi) is 3.25. The fourth-order valence-corrected chi connectivity index (χ4v) is 1.89. The van der Waals surface area contributed by atoms with Gasteiger partial charge in [0.15, 0.2) is 5.43 Å². The topological polar surface area (TPSA) is 68.4 Å². The third-order valence-corrected chi connectivity index (χ3v) is 2.84. The molecule has 0 atom stereocenters. The van der Waals surface area contributed by atoms with Crippen LogP contribution in [0.4, 0.5) is 0 Å². The number of H-pyrrole nitrogens is 1. The van der Waals surface area contributed by atoms with Gasteiger partial charge in [0.25, 0.3) is 0 Å². The highest BCUT2D eigenvalue weighted by Crippen LogP contribution is 2.27. The highest BCUT2D eigenvalue weighted by Gasteiger charge is 2.14. The van der Waals surface area contributed by atoms with Crippen LogP contribution in [0, 0.1) is 0 Å². The number of hydrogen-bond acceptors (Lipinski definition) is 4. The maximum atomic E-state index is 12.0. The van der Waals surface area contributed by atoms with Crippen molar-refractivity contribution in [1.29, 1.82) is 0 Å². The van der Waals surface area contributed by atoms with Crippen molar-refractivity contribution in [2.75, 3.05) is 14.2 Å². The summed E-state index contributed by atoms with van der Waals surface area (Å²) in [7, 11) is 2.69. The summed E-state index contributed by atoms with van der Waals surface area (Å²) >= 11 is 6.00. The number of methoxy groups -OCH3 is 2. The molecule has 1 aromatic heterocycles. The molecule has 0 aliphatic rings. The molecule has 1 N–H and O–H groups in total. The summed E-state index contributed by atoms with van der Waals surface area (Å²) in [6.07, 6.45) is 0. The van der Waals surface area contributed by atoms with E-state index in [1.807, 2.05) is 0 Å². The predicted octanol–water partition coefficient (Wildman–Crippen LogP) is 1.98. The molecule has 0 spiro atoms. The van der Waals surface area contributed by atoms with Gasteiger partial charge >= 0.3 is 5.97 Å². The van der Waals surface area contributed by atoms with Gasteiger partial charge < -0.3 is 14.5 Å². The molecule has 18 heavy (non-hydrogen) atoms. The number of aromatic nitrogens is 1. The molecule has 2 rings (SSSR count). The van der Waals surface area contributed by atoms with Gasteiger partial charge in [-0.15, -0.1) is 0 Å². The summed E-state index contributed by atoms with van der Waals surface area (Å²) in [6, 6.07) is 4.34. The molecule has 0 saturated heterocycles. The Balaban J connectivity index is 2.85. The number of pyridine rings is 1. The Morgan fingerprint density at radius 2 is 2.06 bits per heavy atom. The Labute approximate surface area is 107 Å². The maximum Gasteiger partial charge on any atom is 0.354 e. The van der Waals surface area contributed by atoms with Crippen LogP contribution in [0.2, 0.25) is 5.02 Å². The lowest BCUT2D eigenvalue weighted by atomic mass is 10.1. The lowest BCUT2D eigenvalue weighted by molar-refractivity contribution is 0.0594. The number of fused-ring (bicyclic) bond motifs is 1. The van der Waals surface area contributed by atoms with Crippen molar-refractivity contribution in [3.8, 4) is 5.75 Å². The summed E-state index contributed by atoms with van der Waals surface area (Å²) < 4.78 is 9.65. The molecule has 0 amide bonds. The molecule has 2 aromatic rings. The zero-order valence-corrected chi connectivity index (χ0v) is 10.5. The van der Waals surface area contributed by atoms with Gasteiger partial charge in [-0.2, -0.15) is 0 Å². The van der Waals surface area contributed by atoms with Crippen LogP contribution in [0.5, 0.6) is 5.75 Å². The van der Waals surface area contributed by atoms with Crippen LogP contribution >= 0.6 is 11.6 Å². The van der Waals surface area contributed by atoms with Crippen LogP contribution in [0.15, 0.2) is 23.0 Å². The Bertz CT molecular complexity index is 678. The molecule has 1 aromatic carbocycles. The van der Waals surface area contributed by atoms with Gasteiger partial charge in [-0.05, 0) is 12.1 Å². The molecule has 0 unspecified atom stereocenters. The van der Waals surface area contributed by atoms with Gasteiger partial charge in [-0.3, -0.25) is 4.79 Å². The first kappa shape index (κ1) is 12.4. The summed E-state index contributed by atoms with van der Waals surface area (Å²) in [5.41, 5.74) is 0.0394. The summed E-state index contributed by atoms with van der Waals surface area (Å²) in [5.74, 6) is -0.236. The van der Waals surface area contributed by atoms with Crippen molar-refractivity contribution in [2.24, 2.45) is 0 Å². The van der Waals surface area contributed by atoms with Crippen molar-refractivity contribution in [2.45, 2.75) is 0 Å². The van der Waals surface area contributed by atoms with Crippen LogP contribution < -0.4 is 10.2 Å². The second-order valence-corrected chi connectivity index (χ2v) is 3.95. The van der Waals surface area contributed by atoms with E-state index in [9.17, 15) is 9.59 Å². The normalized spacial score (nSPS) is 10.4. The van der Waals surface area contributed by atoms with Gasteiger partial charge in [-0.25, -0.2) is 4.79 Å². The first-order valence-electron chi connectivity index (χ1n) is 5.06. The molecule has 1 heterocycles. The number of halogens is 1. The minimum atomic E-state index is -0.632. The van der Waals surface area contributed by atoms with E-state index in [0.29, 0.717) is 21.7 Å². The number of carbonyl (C=O) groups is 1. The lowest BCUT2D eigenvalue weighted by Crippen LogP contribution is -2.12. The van der Waals surface area contributed by atoms with E-state index >= 15 is 0 Å². The molecular weight excluding hydrogens is 258 g/mol. The standard InChI is InChI=1S/C12H10ClNO4/c1-17-9-4-3-6(13)11-10(9)8(15)5-7(14-11)12(16)18-2/h3-5H,1-2H3,(H,14,15). The van der Waals surface area contributed by atoms with Crippen molar-refractivity contribution >= 4 is 28.5 Å². The monoisotopic (exact) mass is 267 g/mol. The molecule has 6 heteroatoms. The zero-order chi connectivity index (χ0) is 13.3. The minimum absolute atomic E-state index is 0.0464. The first-order chi connectivity index (χ1) is 8.58. The van der Waals surface area contributed by atoms with E-state index in [4.69, 9.17) is 16.3 Å². The molecule has 0 bridgehead atoms. The summed E-state index contributed by atoms with van der Waals surface area (Å²) in [5, 5.41) is 0.631. The zero-order valence-electron chi connectivity index (χ0n) is 9.74. The molecule has 0 saturated carbocycles. The van der Waals surface area contributed by atoms with Crippen LogP contribution in [0.1, 0.15) is 10.5 Å². The number of esters is 1. The van der Waals surface area contributed by atoms with E-state index in [2.05, 4.69) is 9.72 Å². The fraction of sp³-hybridized carbons (Fsp3) is 0.167. The number of hydrogen-bond donors (Lipinski definition) is 1. The van der Waals surface area contributed by atoms with Gasteiger partial charge in [0, 0.05) is 6.07 Å². The molecule has 0 radical (unpaired) electrons. The number of carbonyl (C=O) groups excluding carboxylic acids is 1. The number of rotatable bonds is 2. The highest BCUT2D eigenvalue weighted by atomic mass is 35.5. The SMILES string of the molecule is COC(=O)c1cc(=O)c2c(OC)ccc(Cl)c2[nH]1. The van der Waals surface area contributed by atoms with Crippen LogP contribution in [-0.2, 0) is 4.74 Å². The fourth-order valence-electron chi connectivity index (χ4n) is 1.69. The van der Waals surface area contributed by atoms with Crippen molar-refractivity contribution in [3.05, 3.63) is 39.1 Å². The minimum Gasteiger partial charge on any atom is -0.496 e. The maximum absolute atomic E-state index is 12.0. The third-order valence-electron chi connectivity index (χ3n) is 2.52.